The Bertz CT molecular complexity index is 440. The van der Waals surface area contributed by atoms with E-state index in [2.05, 4.69) is 4.74 Å². The average molecular weight is 232 g/mol. The molecule has 0 saturated carbocycles. The molecule has 17 heavy (non-hydrogen) atoms. The predicted molar refractivity (Wildman–Crippen MR) is 65.8 cm³/mol. The van der Waals surface area contributed by atoms with E-state index in [0.717, 1.165) is 5.57 Å². The number of carbonyl (C=O) groups excluding carboxylic acids is 2. The number of esters is 1. The summed E-state index contributed by atoms with van der Waals surface area (Å²) in [4.78, 5) is 23.4. The predicted octanol–water partition coefficient (Wildman–Crippen LogP) is 2.77. The summed E-state index contributed by atoms with van der Waals surface area (Å²) in [6, 6.07) is 8.92. The standard InChI is InChI=1S/C14H16O3/c1-10(2)12(14(16)17-3)9-13(15)11-7-5-4-6-8-11/h4-8H,9H2,1-3H3. The number of ketones is 1. The minimum absolute atomic E-state index is 0.0767. The van der Waals surface area contributed by atoms with Gasteiger partial charge in [-0.25, -0.2) is 4.79 Å². The Labute approximate surface area is 101 Å². The third-order valence-electron chi connectivity index (χ3n) is 2.47. The molecule has 0 aromatic heterocycles. The van der Waals surface area contributed by atoms with Crippen LogP contribution in [0.25, 0.3) is 0 Å². The molecule has 0 aliphatic rings. The summed E-state index contributed by atoms with van der Waals surface area (Å²) in [5, 5.41) is 0. The summed E-state index contributed by atoms with van der Waals surface area (Å²) >= 11 is 0. The van der Waals surface area contributed by atoms with E-state index in [0.29, 0.717) is 11.1 Å². The minimum Gasteiger partial charge on any atom is -0.466 e. The summed E-state index contributed by atoms with van der Waals surface area (Å²) in [5.41, 5.74) is 1.85. The van der Waals surface area contributed by atoms with Gasteiger partial charge in [-0.05, 0) is 13.8 Å². The van der Waals surface area contributed by atoms with Gasteiger partial charge >= 0.3 is 5.97 Å². The van der Waals surface area contributed by atoms with Crippen LogP contribution >= 0.6 is 0 Å². The minimum atomic E-state index is -0.436. The average Bonchev–Trinajstić information content (AvgIpc) is 2.35. The van der Waals surface area contributed by atoms with E-state index in [1.807, 2.05) is 6.07 Å². The molecule has 0 fully saturated rings. The zero-order valence-electron chi connectivity index (χ0n) is 10.3. The molecule has 0 bridgehead atoms. The lowest BCUT2D eigenvalue weighted by atomic mass is 10.0. The lowest BCUT2D eigenvalue weighted by Crippen LogP contribution is -2.11. The summed E-state index contributed by atoms with van der Waals surface area (Å²) in [6.07, 6.45) is 0.0824. The van der Waals surface area contributed by atoms with Crippen molar-refractivity contribution in [2.45, 2.75) is 20.3 Å². The van der Waals surface area contributed by atoms with Crippen molar-refractivity contribution in [3.05, 3.63) is 47.0 Å². The van der Waals surface area contributed by atoms with Gasteiger partial charge in [0, 0.05) is 17.6 Å². The van der Waals surface area contributed by atoms with Crippen molar-refractivity contribution >= 4 is 11.8 Å². The van der Waals surface area contributed by atoms with E-state index in [9.17, 15) is 9.59 Å². The van der Waals surface area contributed by atoms with E-state index < -0.39 is 5.97 Å². The van der Waals surface area contributed by atoms with E-state index in [1.165, 1.54) is 7.11 Å². The molecule has 0 unspecified atom stereocenters. The highest BCUT2D eigenvalue weighted by molar-refractivity contribution is 6.03. The molecule has 0 saturated heterocycles. The van der Waals surface area contributed by atoms with Crippen molar-refractivity contribution < 1.29 is 14.3 Å². The molecule has 0 N–H and O–H groups in total. The molecular formula is C14H16O3. The molecule has 0 atom stereocenters. The number of benzene rings is 1. The molecule has 3 nitrogen and oxygen atoms in total. The van der Waals surface area contributed by atoms with Gasteiger partial charge in [0.2, 0.25) is 0 Å². The third kappa shape index (κ3) is 3.55. The number of Topliss-reactive ketones (excluding diaryl/α,β-unsaturated/α-hetero) is 1. The second-order valence-corrected chi connectivity index (χ2v) is 3.94. The summed E-state index contributed by atoms with van der Waals surface area (Å²) in [7, 11) is 1.32. The van der Waals surface area contributed by atoms with Crippen LogP contribution in [0.5, 0.6) is 0 Å². The van der Waals surface area contributed by atoms with Crippen molar-refractivity contribution in [1.29, 1.82) is 0 Å². The van der Waals surface area contributed by atoms with Gasteiger partial charge in [-0.1, -0.05) is 35.9 Å². The number of allylic oxidation sites excluding steroid dienone is 1. The molecule has 3 heteroatoms. The Morgan fingerprint density at radius 1 is 1.12 bits per heavy atom. The molecule has 0 amide bonds. The van der Waals surface area contributed by atoms with Crippen molar-refractivity contribution in [1.82, 2.24) is 0 Å². The molecule has 1 aromatic rings. The van der Waals surface area contributed by atoms with Crippen LogP contribution in [0, 0.1) is 0 Å². The summed E-state index contributed by atoms with van der Waals surface area (Å²) in [5.74, 6) is -0.513. The van der Waals surface area contributed by atoms with Crippen LogP contribution < -0.4 is 0 Å². The molecule has 0 aliphatic heterocycles. The number of ether oxygens (including phenoxy) is 1. The zero-order valence-corrected chi connectivity index (χ0v) is 10.3. The lowest BCUT2D eigenvalue weighted by molar-refractivity contribution is -0.136. The van der Waals surface area contributed by atoms with Gasteiger partial charge < -0.3 is 4.74 Å². The maximum Gasteiger partial charge on any atom is 0.334 e. The maximum atomic E-state index is 11.9. The van der Waals surface area contributed by atoms with Crippen LogP contribution in [-0.4, -0.2) is 18.9 Å². The van der Waals surface area contributed by atoms with Crippen molar-refractivity contribution in [3.63, 3.8) is 0 Å². The van der Waals surface area contributed by atoms with Crippen molar-refractivity contribution in [3.8, 4) is 0 Å². The Kier molecular flexibility index (Phi) is 4.64. The summed E-state index contributed by atoms with van der Waals surface area (Å²) in [6.45, 7) is 3.59. The Morgan fingerprint density at radius 3 is 2.18 bits per heavy atom. The van der Waals surface area contributed by atoms with Crippen LogP contribution in [0.1, 0.15) is 30.6 Å². The SMILES string of the molecule is COC(=O)C(CC(=O)c1ccccc1)=C(C)C. The second kappa shape index (κ2) is 5.99. The van der Waals surface area contributed by atoms with Crippen LogP contribution in [-0.2, 0) is 9.53 Å². The Hall–Kier alpha value is -1.90. The fourth-order valence-electron chi connectivity index (χ4n) is 1.46. The fraction of sp³-hybridized carbons (Fsp3) is 0.286. The third-order valence-corrected chi connectivity index (χ3v) is 2.47. The zero-order chi connectivity index (χ0) is 12.8. The molecule has 1 rings (SSSR count). The van der Waals surface area contributed by atoms with Gasteiger partial charge in [0.05, 0.1) is 7.11 Å². The van der Waals surface area contributed by atoms with E-state index >= 15 is 0 Å². The van der Waals surface area contributed by atoms with E-state index in [-0.39, 0.29) is 12.2 Å². The fourth-order valence-corrected chi connectivity index (χ4v) is 1.46. The van der Waals surface area contributed by atoms with Gasteiger partial charge in [0.1, 0.15) is 0 Å². The Balaban J connectivity index is 2.87. The van der Waals surface area contributed by atoms with E-state index in [1.54, 1.807) is 38.1 Å². The quantitative estimate of drug-likeness (QED) is 0.455. The van der Waals surface area contributed by atoms with Gasteiger partial charge in [-0.15, -0.1) is 0 Å². The number of hydrogen-bond acceptors (Lipinski definition) is 3. The first-order chi connectivity index (χ1) is 8.06. The van der Waals surface area contributed by atoms with Crippen molar-refractivity contribution in [2.24, 2.45) is 0 Å². The smallest absolute Gasteiger partial charge is 0.334 e. The normalized spacial score (nSPS) is 9.59. The molecule has 0 heterocycles. The molecular weight excluding hydrogens is 216 g/mol. The van der Waals surface area contributed by atoms with Gasteiger partial charge in [-0.3, -0.25) is 4.79 Å². The van der Waals surface area contributed by atoms with Gasteiger partial charge in [-0.2, -0.15) is 0 Å². The topological polar surface area (TPSA) is 43.4 Å². The number of hydrogen-bond donors (Lipinski definition) is 0. The lowest BCUT2D eigenvalue weighted by Gasteiger charge is -2.07. The monoisotopic (exact) mass is 232 g/mol. The van der Waals surface area contributed by atoms with Crippen LogP contribution in [0.2, 0.25) is 0 Å². The number of rotatable bonds is 4. The highest BCUT2D eigenvalue weighted by Crippen LogP contribution is 2.14. The Morgan fingerprint density at radius 2 is 1.71 bits per heavy atom. The first-order valence-electron chi connectivity index (χ1n) is 5.39. The molecule has 1 aromatic carbocycles. The number of carbonyl (C=O) groups is 2. The van der Waals surface area contributed by atoms with Crippen LogP contribution in [0.15, 0.2) is 41.5 Å². The molecule has 0 radical (unpaired) electrons. The molecule has 0 spiro atoms. The first kappa shape index (κ1) is 13.2. The second-order valence-electron chi connectivity index (χ2n) is 3.94. The van der Waals surface area contributed by atoms with E-state index in [4.69, 9.17) is 0 Å². The molecule has 0 aliphatic carbocycles. The van der Waals surface area contributed by atoms with Gasteiger partial charge in [0.25, 0.3) is 0 Å². The first-order valence-corrected chi connectivity index (χ1v) is 5.39. The number of methoxy groups -OCH3 is 1. The largest absolute Gasteiger partial charge is 0.466 e. The molecule has 90 valence electrons. The summed E-state index contributed by atoms with van der Waals surface area (Å²) < 4.78 is 4.66. The van der Waals surface area contributed by atoms with Crippen LogP contribution in [0.3, 0.4) is 0 Å². The highest BCUT2D eigenvalue weighted by atomic mass is 16.5. The maximum absolute atomic E-state index is 11.9. The van der Waals surface area contributed by atoms with Crippen LogP contribution in [0.4, 0.5) is 0 Å². The highest BCUT2D eigenvalue weighted by Gasteiger charge is 2.16. The van der Waals surface area contributed by atoms with Crippen molar-refractivity contribution in [2.75, 3.05) is 7.11 Å². The van der Waals surface area contributed by atoms with Gasteiger partial charge in [0.15, 0.2) is 5.78 Å².